The summed E-state index contributed by atoms with van der Waals surface area (Å²) >= 11 is 5.91. The molecule has 0 unspecified atom stereocenters. The Morgan fingerprint density at radius 3 is 2.39 bits per heavy atom. The minimum Gasteiger partial charge on any atom is -0.478 e. The van der Waals surface area contributed by atoms with Crippen LogP contribution in [0.2, 0.25) is 5.02 Å². The van der Waals surface area contributed by atoms with E-state index in [4.69, 9.17) is 16.3 Å². The van der Waals surface area contributed by atoms with Crippen LogP contribution in [0.5, 0.6) is 5.75 Å². The highest BCUT2D eigenvalue weighted by atomic mass is 35.5. The zero-order chi connectivity index (χ0) is 20.3. The van der Waals surface area contributed by atoms with Crippen molar-refractivity contribution in [3.05, 3.63) is 41.6 Å². The minimum absolute atomic E-state index is 0.0322. The minimum atomic E-state index is -0.958. The molecule has 0 N–H and O–H groups in total. The predicted molar refractivity (Wildman–Crippen MR) is 111 cm³/mol. The lowest BCUT2D eigenvalue weighted by Gasteiger charge is -2.39. The monoisotopic (exact) mass is 403 g/mol. The predicted octanol–water partition coefficient (Wildman–Crippen LogP) is 2.70. The molecule has 1 saturated heterocycles. The second-order valence-electron chi connectivity index (χ2n) is 7.51. The topological polar surface area (TPSA) is 61.8 Å². The van der Waals surface area contributed by atoms with Gasteiger partial charge in [0, 0.05) is 51.4 Å². The van der Waals surface area contributed by atoms with E-state index in [1.54, 1.807) is 44.3 Å². The standard InChI is InChI=1S/C20H26ClN5O2/c1-20(2,28-17-7-5-15(21)6-8-17)19(27)26-11-9-25(10-12-26)18-13-16(24(3)4)14-22-23-18/h5-8,13-14H,9-12H2,1-4H3. The van der Waals surface area contributed by atoms with Crippen LogP contribution in [-0.2, 0) is 4.79 Å². The molecule has 1 aliphatic heterocycles. The van der Waals surface area contributed by atoms with Crippen molar-refractivity contribution in [1.29, 1.82) is 0 Å². The molecular weight excluding hydrogens is 378 g/mol. The maximum Gasteiger partial charge on any atom is 0.266 e. The normalized spacial score (nSPS) is 14.8. The molecule has 1 amide bonds. The van der Waals surface area contributed by atoms with Crippen molar-refractivity contribution in [3.63, 3.8) is 0 Å². The number of hydrogen-bond donors (Lipinski definition) is 0. The van der Waals surface area contributed by atoms with Crippen LogP contribution >= 0.6 is 11.6 Å². The molecule has 1 aromatic heterocycles. The lowest BCUT2D eigenvalue weighted by atomic mass is 10.1. The first-order valence-corrected chi connectivity index (χ1v) is 9.63. The van der Waals surface area contributed by atoms with Gasteiger partial charge in [-0.25, -0.2) is 0 Å². The molecule has 3 rings (SSSR count). The number of ether oxygens (including phenoxy) is 1. The molecule has 7 nitrogen and oxygen atoms in total. The summed E-state index contributed by atoms with van der Waals surface area (Å²) in [6.45, 7) is 6.22. The number of hydrogen-bond acceptors (Lipinski definition) is 6. The van der Waals surface area contributed by atoms with Gasteiger partial charge in [0.1, 0.15) is 5.75 Å². The van der Waals surface area contributed by atoms with Gasteiger partial charge in [0.2, 0.25) is 0 Å². The van der Waals surface area contributed by atoms with Crippen molar-refractivity contribution in [2.75, 3.05) is 50.1 Å². The van der Waals surface area contributed by atoms with Crippen molar-refractivity contribution in [3.8, 4) is 5.75 Å². The van der Waals surface area contributed by atoms with E-state index in [-0.39, 0.29) is 5.91 Å². The van der Waals surface area contributed by atoms with Crippen LogP contribution in [0.3, 0.4) is 0 Å². The van der Waals surface area contributed by atoms with Gasteiger partial charge in [-0.3, -0.25) is 4.79 Å². The smallest absolute Gasteiger partial charge is 0.266 e. The third kappa shape index (κ3) is 4.65. The number of aromatic nitrogens is 2. The molecular formula is C20H26ClN5O2. The number of amides is 1. The third-order valence-electron chi connectivity index (χ3n) is 4.74. The Kier molecular flexibility index (Phi) is 5.93. The second kappa shape index (κ2) is 8.22. The number of rotatable bonds is 5. The molecule has 1 aliphatic rings. The maximum absolute atomic E-state index is 13.0. The fourth-order valence-electron chi connectivity index (χ4n) is 3.11. The SMILES string of the molecule is CN(C)c1cnnc(N2CCN(C(=O)C(C)(C)Oc3ccc(Cl)cc3)CC2)c1. The summed E-state index contributed by atoms with van der Waals surface area (Å²) in [4.78, 5) is 19.0. The van der Waals surface area contributed by atoms with E-state index in [1.807, 2.05) is 30.0 Å². The molecule has 1 aromatic carbocycles. The number of carbonyl (C=O) groups excluding carboxylic acids is 1. The Morgan fingerprint density at radius 1 is 1.14 bits per heavy atom. The summed E-state index contributed by atoms with van der Waals surface area (Å²) in [5, 5.41) is 8.95. The third-order valence-corrected chi connectivity index (χ3v) is 4.99. The fraction of sp³-hybridized carbons (Fsp3) is 0.450. The average molecular weight is 404 g/mol. The Bertz CT molecular complexity index is 818. The first-order chi connectivity index (χ1) is 13.3. The fourth-order valence-corrected chi connectivity index (χ4v) is 3.23. The molecule has 150 valence electrons. The largest absolute Gasteiger partial charge is 0.478 e. The first kappa shape index (κ1) is 20.2. The van der Waals surface area contributed by atoms with E-state index in [0.717, 1.165) is 11.5 Å². The summed E-state index contributed by atoms with van der Waals surface area (Å²) < 4.78 is 5.93. The van der Waals surface area contributed by atoms with Crippen LogP contribution in [0, 0.1) is 0 Å². The first-order valence-electron chi connectivity index (χ1n) is 9.25. The van der Waals surface area contributed by atoms with Crippen molar-refractivity contribution < 1.29 is 9.53 Å². The highest BCUT2D eigenvalue weighted by molar-refractivity contribution is 6.30. The Morgan fingerprint density at radius 2 is 1.79 bits per heavy atom. The number of benzene rings is 1. The zero-order valence-corrected chi connectivity index (χ0v) is 17.5. The van der Waals surface area contributed by atoms with E-state index in [2.05, 4.69) is 15.1 Å². The molecule has 28 heavy (non-hydrogen) atoms. The van der Waals surface area contributed by atoms with E-state index in [1.165, 1.54) is 0 Å². The van der Waals surface area contributed by atoms with Crippen molar-refractivity contribution in [2.24, 2.45) is 0 Å². The summed E-state index contributed by atoms with van der Waals surface area (Å²) in [7, 11) is 3.94. The number of piperazine rings is 1. The van der Waals surface area contributed by atoms with E-state index >= 15 is 0 Å². The molecule has 0 bridgehead atoms. The van der Waals surface area contributed by atoms with Gasteiger partial charge >= 0.3 is 0 Å². The van der Waals surface area contributed by atoms with Crippen LogP contribution in [0.1, 0.15) is 13.8 Å². The lowest BCUT2D eigenvalue weighted by molar-refractivity contribution is -0.145. The molecule has 0 saturated carbocycles. The quantitative estimate of drug-likeness (QED) is 0.765. The lowest BCUT2D eigenvalue weighted by Crippen LogP contribution is -2.56. The molecule has 0 atom stereocenters. The molecule has 1 fully saturated rings. The number of halogens is 1. The molecule has 8 heteroatoms. The van der Waals surface area contributed by atoms with Gasteiger partial charge in [-0.05, 0) is 38.1 Å². The summed E-state index contributed by atoms with van der Waals surface area (Å²) in [5.74, 6) is 1.42. The highest BCUT2D eigenvalue weighted by Crippen LogP contribution is 2.24. The summed E-state index contributed by atoms with van der Waals surface area (Å²) in [5.41, 5.74) is 0.0432. The van der Waals surface area contributed by atoms with Gasteiger partial charge in [0.25, 0.3) is 5.91 Å². The van der Waals surface area contributed by atoms with Gasteiger partial charge in [-0.15, -0.1) is 5.10 Å². The summed E-state index contributed by atoms with van der Waals surface area (Å²) in [6, 6.07) is 9.05. The van der Waals surface area contributed by atoms with Gasteiger partial charge < -0.3 is 19.4 Å². The van der Waals surface area contributed by atoms with Gasteiger partial charge in [-0.1, -0.05) is 11.6 Å². The molecule has 0 aliphatic carbocycles. The van der Waals surface area contributed by atoms with Crippen molar-refractivity contribution in [1.82, 2.24) is 15.1 Å². The van der Waals surface area contributed by atoms with Crippen LogP contribution in [-0.4, -0.2) is 66.9 Å². The second-order valence-corrected chi connectivity index (χ2v) is 7.95. The zero-order valence-electron chi connectivity index (χ0n) is 16.7. The van der Waals surface area contributed by atoms with Gasteiger partial charge in [-0.2, -0.15) is 5.10 Å². The van der Waals surface area contributed by atoms with Crippen LogP contribution in [0.4, 0.5) is 11.5 Å². The van der Waals surface area contributed by atoms with E-state index in [0.29, 0.717) is 37.0 Å². The highest BCUT2D eigenvalue weighted by Gasteiger charge is 2.36. The Hall–Kier alpha value is -2.54. The Balaban J connectivity index is 1.61. The Labute approximate surface area is 170 Å². The van der Waals surface area contributed by atoms with Crippen molar-refractivity contribution >= 4 is 29.0 Å². The van der Waals surface area contributed by atoms with E-state index < -0.39 is 5.60 Å². The van der Waals surface area contributed by atoms with Crippen LogP contribution < -0.4 is 14.5 Å². The summed E-state index contributed by atoms with van der Waals surface area (Å²) in [6.07, 6.45) is 1.74. The molecule has 2 heterocycles. The van der Waals surface area contributed by atoms with Crippen molar-refractivity contribution in [2.45, 2.75) is 19.4 Å². The molecule has 0 radical (unpaired) electrons. The molecule has 2 aromatic rings. The van der Waals surface area contributed by atoms with Gasteiger partial charge in [0.05, 0.1) is 11.9 Å². The average Bonchev–Trinajstić information content (AvgIpc) is 2.69. The number of nitrogens with zero attached hydrogens (tertiary/aromatic N) is 5. The van der Waals surface area contributed by atoms with Crippen LogP contribution in [0.25, 0.3) is 0 Å². The number of anilines is 2. The van der Waals surface area contributed by atoms with Gasteiger partial charge in [0.15, 0.2) is 11.4 Å². The maximum atomic E-state index is 13.0. The van der Waals surface area contributed by atoms with E-state index in [9.17, 15) is 4.79 Å². The number of carbonyl (C=O) groups is 1. The molecule has 0 spiro atoms. The van der Waals surface area contributed by atoms with Crippen LogP contribution in [0.15, 0.2) is 36.5 Å².